The average molecular weight is 365 g/mol. The summed E-state index contributed by atoms with van der Waals surface area (Å²) in [5.74, 6) is 0.242. The van der Waals surface area contributed by atoms with Crippen LogP contribution < -0.4 is 4.90 Å². The van der Waals surface area contributed by atoms with Gasteiger partial charge in [-0.3, -0.25) is 0 Å². The molecule has 0 saturated carbocycles. The molecule has 0 atom stereocenters. The van der Waals surface area contributed by atoms with Crippen LogP contribution in [0.25, 0.3) is 11.3 Å². The minimum absolute atomic E-state index is 0.0671. The van der Waals surface area contributed by atoms with Gasteiger partial charge in [-0.2, -0.15) is 13.2 Å². The third-order valence-electron chi connectivity index (χ3n) is 3.58. The number of thioether (sulfide) groups is 1. The predicted molar refractivity (Wildman–Crippen MR) is 92.2 cm³/mol. The molecule has 3 rings (SSSR count). The van der Waals surface area contributed by atoms with Crippen LogP contribution in [-0.4, -0.2) is 17.7 Å². The molecule has 0 bridgehead atoms. The molecule has 0 spiro atoms. The quantitative estimate of drug-likeness (QED) is 0.573. The van der Waals surface area contributed by atoms with E-state index >= 15 is 0 Å². The van der Waals surface area contributed by atoms with Gasteiger partial charge in [-0.05, 0) is 30.0 Å². The van der Waals surface area contributed by atoms with Crippen molar-refractivity contribution in [2.75, 3.05) is 11.9 Å². The van der Waals surface area contributed by atoms with E-state index in [4.69, 9.17) is 4.42 Å². The third kappa shape index (κ3) is 3.93. The molecule has 3 aromatic rings. The van der Waals surface area contributed by atoms with Gasteiger partial charge in [-0.25, -0.2) is 0 Å². The normalized spacial score (nSPS) is 11.5. The van der Waals surface area contributed by atoms with Crippen LogP contribution in [-0.2, 0) is 0 Å². The molecule has 0 fully saturated rings. The van der Waals surface area contributed by atoms with Crippen LogP contribution in [0.15, 0.2) is 70.2 Å². The lowest BCUT2D eigenvalue weighted by atomic mass is 10.1. The molecule has 130 valence electrons. The summed E-state index contributed by atoms with van der Waals surface area (Å²) in [5.41, 5.74) is -2.77. The zero-order valence-electron chi connectivity index (χ0n) is 13.1. The van der Waals surface area contributed by atoms with Gasteiger partial charge in [0.2, 0.25) is 0 Å². The summed E-state index contributed by atoms with van der Waals surface area (Å²) in [6.07, 6.45) is 1.38. The molecule has 0 amide bonds. The van der Waals surface area contributed by atoms with Crippen molar-refractivity contribution in [1.82, 2.24) is 0 Å². The lowest BCUT2D eigenvalue weighted by Crippen LogP contribution is -2.09. The van der Waals surface area contributed by atoms with Crippen LogP contribution >= 0.6 is 11.8 Å². The second-order valence-corrected chi connectivity index (χ2v) is 6.41. The van der Waals surface area contributed by atoms with Gasteiger partial charge in [0.25, 0.3) is 0 Å². The number of furan rings is 1. The standard InChI is InChI=1S/C18H14F3NO2S/c1-22(13-8-5-9-14(10-13)25-18(19,20)21)15-11-24-17(16(15)23)12-6-3-2-4-7-12/h2-11,23H,1H3. The minimum Gasteiger partial charge on any atom is -0.503 e. The highest BCUT2D eigenvalue weighted by molar-refractivity contribution is 8.00. The van der Waals surface area contributed by atoms with E-state index < -0.39 is 5.51 Å². The molecule has 0 aliphatic carbocycles. The van der Waals surface area contributed by atoms with E-state index in [0.29, 0.717) is 22.7 Å². The van der Waals surface area contributed by atoms with E-state index in [0.717, 1.165) is 0 Å². The average Bonchev–Trinajstić information content (AvgIpc) is 2.95. The largest absolute Gasteiger partial charge is 0.503 e. The topological polar surface area (TPSA) is 36.6 Å². The maximum Gasteiger partial charge on any atom is 0.446 e. The monoisotopic (exact) mass is 365 g/mol. The van der Waals surface area contributed by atoms with E-state index in [-0.39, 0.29) is 22.4 Å². The van der Waals surface area contributed by atoms with E-state index in [1.54, 1.807) is 30.1 Å². The molecule has 0 unspecified atom stereocenters. The fourth-order valence-corrected chi connectivity index (χ4v) is 3.00. The maximum absolute atomic E-state index is 12.5. The van der Waals surface area contributed by atoms with Gasteiger partial charge < -0.3 is 14.4 Å². The van der Waals surface area contributed by atoms with Gasteiger partial charge in [-0.1, -0.05) is 36.4 Å². The van der Waals surface area contributed by atoms with Gasteiger partial charge in [0.1, 0.15) is 12.0 Å². The van der Waals surface area contributed by atoms with Crippen molar-refractivity contribution in [3.05, 3.63) is 60.9 Å². The summed E-state index contributed by atoms with van der Waals surface area (Å²) in [6.45, 7) is 0. The lowest BCUT2D eigenvalue weighted by Gasteiger charge is -2.18. The van der Waals surface area contributed by atoms with E-state index in [1.807, 2.05) is 18.2 Å². The highest BCUT2D eigenvalue weighted by Crippen LogP contribution is 2.43. The molecule has 1 heterocycles. The Labute approximate surface area is 146 Å². The Kier molecular flexibility index (Phi) is 4.67. The number of hydrogen-bond donors (Lipinski definition) is 1. The number of aromatic hydroxyl groups is 1. The first-order chi connectivity index (χ1) is 11.8. The summed E-state index contributed by atoms with van der Waals surface area (Å²) >= 11 is -0.179. The molecular formula is C18H14F3NO2S. The van der Waals surface area contributed by atoms with Crippen LogP contribution in [0.5, 0.6) is 5.75 Å². The molecule has 25 heavy (non-hydrogen) atoms. The van der Waals surface area contributed by atoms with Gasteiger partial charge in [0, 0.05) is 23.2 Å². The summed E-state index contributed by atoms with van der Waals surface area (Å²) in [4.78, 5) is 1.65. The molecule has 1 aromatic heterocycles. The zero-order chi connectivity index (χ0) is 18.0. The van der Waals surface area contributed by atoms with Crippen molar-refractivity contribution in [3.63, 3.8) is 0 Å². The van der Waals surface area contributed by atoms with Crippen LogP contribution in [0.1, 0.15) is 0 Å². The van der Waals surface area contributed by atoms with Gasteiger partial charge >= 0.3 is 5.51 Å². The zero-order valence-corrected chi connectivity index (χ0v) is 13.9. The Balaban J connectivity index is 1.91. The van der Waals surface area contributed by atoms with Gasteiger partial charge in [0.15, 0.2) is 11.5 Å². The minimum atomic E-state index is -4.35. The van der Waals surface area contributed by atoms with Gasteiger partial charge in [-0.15, -0.1) is 0 Å². The molecular weight excluding hydrogens is 351 g/mol. The molecule has 2 aromatic carbocycles. The smallest absolute Gasteiger partial charge is 0.446 e. The summed E-state index contributed by atoms with van der Waals surface area (Å²) in [6, 6.07) is 15.1. The summed E-state index contributed by atoms with van der Waals surface area (Å²) in [7, 11) is 1.65. The molecule has 1 N–H and O–H groups in total. The lowest BCUT2D eigenvalue weighted by molar-refractivity contribution is -0.0328. The Morgan fingerprint density at radius 1 is 1.04 bits per heavy atom. The van der Waals surface area contributed by atoms with Crippen molar-refractivity contribution in [2.45, 2.75) is 10.4 Å². The number of halogens is 3. The first kappa shape index (κ1) is 17.3. The highest BCUT2D eigenvalue weighted by atomic mass is 32.2. The van der Waals surface area contributed by atoms with E-state index in [1.165, 1.54) is 24.5 Å². The second kappa shape index (κ2) is 6.76. The van der Waals surface area contributed by atoms with Crippen LogP contribution in [0.3, 0.4) is 0 Å². The first-order valence-electron chi connectivity index (χ1n) is 7.30. The van der Waals surface area contributed by atoms with E-state index in [9.17, 15) is 18.3 Å². The molecule has 0 radical (unpaired) electrons. The van der Waals surface area contributed by atoms with Crippen LogP contribution in [0, 0.1) is 0 Å². The molecule has 7 heteroatoms. The molecule has 0 aliphatic heterocycles. The van der Waals surface area contributed by atoms with Crippen molar-refractivity contribution < 1.29 is 22.7 Å². The Hall–Kier alpha value is -2.54. The Bertz CT molecular complexity index is 862. The fourth-order valence-electron chi connectivity index (χ4n) is 2.40. The van der Waals surface area contributed by atoms with Gasteiger partial charge in [0.05, 0.1) is 0 Å². The SMILES string of the molecule is CN(c1cccc(SC(F)(F)F)c1)c1coc(-c2ccccc2)c1O. The molecule has 0 aliphatic rings. The van der Waals surface area contributed by atoms with Crippen molar-refractivity contribution >= 4 is 23.1 Å². The highest BCUT2D eigenvalue weighted by Gasteiger charge is 2.29. The first-order valence-corrected chi connectivity index (χ1v) is 8.12. The van der Waals surface area contributed by atoms with Crippen LogP contribution in [0.2, 0.25) is 0 Å². The van der Waals surface area contributed by atoms with Crippen LogP contribution in [0.4, 0.5) is 24.5 Å². The fraction of sp³-hybridized carbons (Fsp3) is 0.111. The van der Waals surface area contributed by atoms with Crippen molar-refractivity contribution in [3.8, 4) is 17.1 Å². The van der Waals surface area contributed by atoms with Crippen molar-refractivity contribution in [1.29, 1.82) is 0 Å². The predicted octanol–water partition coefficient (Wildman–Crippen LogP) is 6.03. The van der Waals surface area contributed by atoms with E-state index in [2.05, 4.69) is 0 Å². The number of anilines is 2. The number of hydrogen-bond acceptors (Lipinski definition) is 4. The number of alkyl halides is 3. The molecule has 3 nitrogen and oxygen atoms in total. The second-order valence-electron chi connectivity index (χ2n) is 5.27. The summed E-state index contributed by atoms with van der Waals surface area (Å²) in [5, 5.41) is 10.4. The summed E-state index contributed by atoms with van der Waals surface area (Å²) < 4.78 is 43.1. The Morgan fingerprint density at radius 2 is 1.76 bits per heavy atom. The number of benzene rings is 2. The number of nitrogens with zero attached hydrogens (tertiary/aromatic N) is 1. The number of rotatable bonds is 4. The third-order valence-corrected chi connectivity index (χ3v) is 4.30. The maximum atomic E-state index is 12.5. The Morgan fingerprint density at radius 3 is 2.44 bits per heavy atom. The van der Waals surface area contributed by atoms with Crippen molar-refractivity contribution in [2.24, 2.45) is 0 Å². The molecule has 0 saturated heterocycles.